The maximum Gasteiger partial charge on any atom is 0.160 e. The van der Waals surface area contributed by atoms with Crippen LogP contribution in [0.5, 0.6) is 0 Å². The third-order valence-corrected chi connectivity index (χ3v) is 4.20. The highest BCUT2D eigenvalue weighted by atomic mass is 79.9. The lowest BCUT2D eigenvalue weighted by atomic mass is 10.1. The fourth-order valence-electron chi connectivity index (χ4n) is 1.38. The van der Waals surface area contributed by atoms with Gasteiger partial charge in [-0.05, 0) is 23.1 Å². The normalized spacial score (nSPS) is 10.7. The predicted molar refractivity (Wildman–Crippen MR) is 67.5 cm³/mol. The highest BCUT2D eigenvalue weighted by Crippen LogP contribution is 2.33. The second-order valence-electron chi connectivity index (χ2n) is 2.84. The number of hydrogen-bond donors (Lipinski definition) is 0. The molecule has 1 aromatic heterocycles. The monoisotopic (exact) mass is 332 g/mol. The van der Waals surface area contributed by atoms with Crippen molar-refractivity contribution in [2.45, 2.75) is 5.33 Å². The van der Waals surface area contributed by atoms with E-state index in [-0.39, 0.29) is 0 Å². The molecule has 0 saturated carbocycles. The third kappa shape index (κ3) is 1.66. The molecule has 0 saturated heterocycles. The number of thiophene rings is 1. The van der Waals surface area contributed by atoms with Crippen LogP contribution >= 0.6 is 43.2 Å². The summed E-state index contributed by atoms with van der Waals surface area (Å²) in [6.45, 7) is 0. The Bertz CT molecular complexity index is 490. The molecule has 0 spiro atoms. The van der Waals surface area contributed by atoms with Crippen LogP contribution in [0.1, 0.15) is 15.2 Å². The number of benzene rings is 1. The van der Waals surface area contributed by atoms with Gasteiger partial charge in [0.15, 0.2) is 6.29 Å². The molecule has 0 aliphatic heterocycles. The van der Waals surface area contributed by atoms with Crippen LogP contribution in [0.2, 0.25) is 0 Å². The van der Waals surface area contributed by atoms with E-state index in [2.05, 4.69) is 31.9 Å². The third-order valence-electron chi connectivity index (χ3n) is 2.03. The molecule has 1 heterocycles. The number of rotatable bonds is 2. The maximum atomic E-state index is 10.8. The van der Waals surface area contributed by atoms with Crippen molar-refractivity contribution in [3.8, 4) is 0 Å². The lowest BCUT2D eigenvalue weighted by molar-refractivity contribution is 0.112. The predicted octanol–water partition coefficient (Wildman–Crippen LogP) is 4.37. The summed E-state index contributed by atoms with van der Waals surface area (Å²) in [5, 5.41) is 1.89. The Balaban J connectivity index is 2.79. The molecule has 0 fully saturated rings. The number of fused-ring (bicyclic) bond motifs is 1. The van der Waals surface area contributed by atoms with E-state index in [1.54, 1.807) is 0 Å². The zero-order valence-corrected chi connectivity index (χ0v) is 11.1. The summed E-state index contributed by atoms with van der Waals surface area (Å²) in [5.41, 5.74) is 1.09. The van der Waals surface area contributed by atoms with Gasteiger partial charge in [0.2, 0.25) is 0 Å². The number of aldehydes is 1. The summed E-state index contributed by atoms with van der Waals surface area (Å²) in [6.07, 6.45) is 0.926. The first-order valence-corrected chi connectivity index (χ1v) is 6.71. The zero-order chi connectivity index (χ0) is 10.1. The Morgan fingerprint density at radius 1 is 1.43 bits per heavy atom. The first-order valence-electron chi connectivity index (χ1n) is 3.98. The van der Waals surface area contributed by atoms with Gasteiger partial charge in [0.1, 0.15) is 0 Å². The number of alkyl halides is 1. The van der Waals surface area contributed by atoms with Gasteiger partial charge < -0.3 is 0 Å². The van der Waals surface area contributed by atoms with E-state index in [0.717, 1.165) is 36.6 Å². The molecule has 0 amide bonds. The molecular weight excluding hydrogens is 328 g/mol. The van der Waals surface area contributed by atoms with Crippen LogP contribution in [0.4, 0.5) is 0 Å². The highest BCUT2D eigenvalue weighted by Gasteiger charge is 2.10. The molecule has 0 atom stereocenters. The van der Waals surface area contributed by atoms with Gasteiger partial charge in [-0.25, -0.2) is 0 Å². The van der Waals surface area contributed by atoms with Crippen molar-refractivity contribution in [2.75, 3.05) is 0 Å². The Hall–Kier alpha value is -0.190. The van der Waals surface area contributed by atoms with E-state index in [1.165, 1.54) is 11.3 Å². The highest BCUT2D eigenvalue weighted by molar-refractivity contribution is 9.10. The van der Waals surface area contributed by atoms with Gasteiger partial charge in [-0.3, -0.25) is 4.79 Å². The molecule has 14 heavy (non-hydrogen) atoms. The first kappa shape index (κ1) is 10.3. The van der Waals surface area contributed by atoms with Crippen molar-refractivity contribution in [2.24, 2.45) is 0 Å². The van der Waals surface area contributed by atoms with E-state index in [1.807, 2.05) is 18.2 Å². The SMILES string of the molecule is O=Cc1sc2cc(Br)ccc2c1CBr. The minimum atomic E-state index is 0.725. The summed E-state index contributed by atoms with van der Waals surface area (Å²) in [7, 11) is 0. The van der Waals surface area contributed by atoms with Gasteiger partial charge >= 0.3 is 0 Å². The molecule has 0 bridgehead atoms. The van der Waals surface area contributed by atoms with E-state index in [9.17, 15) is 4.79 Å². The van der Waals surface area contributed by atoms with Crippen LogP contribution in [0.15, 0.2) is 22.7 Å². The van der Waals surface area contributed by atoms with Crippen LogP contribution in [0.25, 0.3) is 10.1 Å². The average Bonchev–Trinajstić information content (AvgIpc) is 2.54. The van der Waals surface area contributed by atoms with Crippen molar-refractivity contribution in [1.82, 2.24) is 0 Å². The van der Waals surface area contributed by atoms with Crippen molar-refractivity contribution in [1.29, 1.82) is 0 Å². The first-order chi connectivity index (χ1) is 6.76. The summed E-state index contributed by atoms with van der Waals surface area (Å²) in [6, 6.07) is 6.08. The summed E-state index contributed by atoms with van der Waals surface area (Å²) < 4.78 is 2.20. The standard InChI is InChI=1S/C10H6Br2OS/c11-4-8-7-2-1-6(12)3-9(7)14-10(8)5-13/h1-3,5H,4H2. The van der Waals surface area contributed by atoms with Crippen LogP contribution < -0.4 is 0 Å². The second kappa shape index (κ2) is 4.13. The topological polar surface area (TPSA) is 17.1 Å². The molecule has 1 aromatic carbocycles. The summed E-state index contributed by atoms with van der Waals surface area (Å²) >= 11 is 8.36. The van der Waals surface area contributed by atoms with E-state index >= 15 is 0 Å². The summed E-state index contributed by atoms with van der Waals surface area (Å²) in [5.74, 6) is 0. The number of carbonyl (C=O) groups excluding carboxylic acids is 1. The van der Waals surface area contributed by atoms with Gasteiger partial charge in [-0.1, -0.05) is 37.9 Å². The fourth-order valence-corrected chi connectivity index (χ4v) is 3.76. The fraction of sp³-hybridized carbons (Fsp3) is 0.100. The van der Waals surface area contributed by atoms with Gasteiger partial charge in [0, 0.05) is 14.5 Å². The molecule has 0 radical (unpaired) electrons. The zero-order valence-electron chi connectivity index (χ0n) is 7.09. The minimum Gasteiger partial charge on any atom is -0.297 e. The van der Waals surface area contributed by atoms with Crippen LogP contribution in [-0.4, -0.2) is 6.29 Å². The van der Waals surface area contributed by atoms with Gasteiger partial charge in [0.05, 0.1) is 4.88 Å². The van der Waals surface area contributed by atoms with Gasteiger partial charge in [-0.2, -0.15) is 0 Å². The lowest BCUT2D eigenvalue weighted by Crippen LogP contribution is -1.80. The van der Waals surface area contributed by atoms with Crippen molar-refractivity contribution < 1.29 is 4.79 Å². The Morgan fingerprint density at radius 2 is 2.21 bits per heavy atom. The largest absolute Gasteiger partial charge is 0.297 e. The van der Waals surface area contributed by atoms with Crippen LogP contribution in [0, 0.1) is 0 Å². The van der Waals surface area contributed by atoms with Crippen molar-refractivity contribution >= 4 is 59.6 Å². The Labute approximate surface area is 102 Å². The van der Waals surface area contributed by atoms with Crippen molar-refractivity contribution in [3.05, 3.63) is 33.1 Å². The molecule has 72 valence electrons. The van der Waals surface area contributed by atoms with Crippen LogP contribution in [-0.2, 0) is 5.33 Å². The summed E-state index contributed by atoms with van der Waals surface area (Å²) in [4.78, 5) is 11.6. The number of halogens is 2. The molecule has 0 N–H and O–H groups in total. The molecule has 2 aromatic rings. The quantitative estimate of drug-likeness (QED) is 0.589. The lowest BCUT2D eigenvalue weighted by Gasteiger charge is -1.94. The van der Waals surface area contributed by atoms with E-state index in [0.29, 0.717) is 0 Å². The van der Waals surface area contributed by atoms with E-state index in [4.69, 9.17) is 0 Å². The van der Waals surface area contributed by atoms with Crippen molar-refractivity contribution in [3.63, 3.8) is 0 Å². The molecular formula is C10H6Br2OS. The Kier molecular flexibility index (Phi) is 3.04. The average molecular weight is 334 g/mol. The maximum absolute atomic E-state index is 10.8. The number of carbonyl (C=O) groups is 1. The molecule has 0 unspecified atom stereocenters. The molecule has 2 rings (SSSR count). The molecule has 1 nitrogen and oxygen atoms in total. The molecule has 0 aliphatic carbocycles. The Morgan fingerprint density at radius 3 is 2.86 bits per heavy atom. The molecule has 4 heteroatoms. The second-order valence-corrected chi connectivity index (χ2v) is 5.40. The van der Waals surface area contributed by atoms with Crippen LogP contribution in [0.3, 0.4) is 0 Å². The smallest absolute Gasteiger partial charge is 0.160 e. The van der Waals surface area contributed by atoms with E-state index < -0.39 is 0 Å². The van der Waals surface area contributed by atoms with Gasteiger partial charge in [-0.15, -0.1) is 11.3 Å². The van der Waals surface area contributed by atoms with Gasteiger partial charge in [0.25, 0.3) is 0 Å². The number of hydrogen-bond acceptors (Lipinski definition) is 2. The minimum absolute atomic E-state index is 0.725. The molecule has 0 aliphatic rings.